The lowest BCUT2D eigenvalue weighted by atomic mass is 9.86. The molecular formula is C22H31FN2O5S. The summed E-state index contributed by atoms with van der Waals surface area (Å²) in [6.07, 6.45) is 5.45. The maximum absolute atomic E-state index is 14.3. The Kier molecular flexibility index (Phi) is 7.69. The second-order valence-electron chi connectivity index (χ2n) is 8.53. The Balaban J connectivity index is 1.68. The average molecular weight is 455 g/mol. The molecule has 1 aromatic rings. The van der Waals surface area contributed by atoms with Gasteiger partial charge in [-0.3, -0.25) is 4.79 Å². The average Bonchev–Trinajstić information content (AvgIpc) is 2.76. The molecule has 1 saturated heterocycles. The van der Waals surface area contributed by atoms with Crippen LogP contribution in [-0.4, -0.2) is 49.8 Å². The number of amides is 1. The van der Waals surface area contributed by atoms with Crippen LogP contribution in [0.4, 0.5) is 4.39 Å². The smallest absolute Gasteiger partial charge is 0.338 e. The SMILES string of the molecule is CC(OC(=O)c1ccc(F)c(S(=O)(=O)N2CCCCC2)c1)C(=O)NC1CCCCC1C. The van der Waals surface area contributed by atoms with E-state index >= 15 is 0 Å². The summed E-state index contributed by atoms with van der Waals surface area (Å²) in [7, 11) is -4.05. The highest BCUT2D eigenvalue weighted by Crippen LogP contribution is 2.25. The number of nitrogens with zero attached hydrogens (tertiary/aromatic N) is 1. The normalized spacial score (nSPS) is 23.7. The summed E-state index contributed by atoms with van der Waals surface area (Å²) in [5.41, 5.74) is -0.109. The fourth-order valence-corrected chi connectivity index (χ4v) is 5.79. The Hall–Kier alpha value is -2.00. The minimum absolute atomic E-state index is 0.0505. The van der Waals surface area contributed by atoms with Crippen LogP contribution in [0.15, 0.2) is 23.1 Å². The van der Waals surface area contributed by atoms with Gasteiger partial charge in [-0.15, -0.1) is 0 Å². The summed E-state index contributed by atoms with van der Waals surface area (Å²) in [5.74, 6) is -1.82. The van der Waals surface area contributed by atoms with E-state index in [1.54, 1.807) is 0 Å². The van der Waals surface area contributed by atoms with Crippen LogP contribution in [0.25, 0.3) is 0 Å². The number of halogens is 1. The highest BCUT2D eigenvalue weighted by atomic mass is 32.2. The van der Waals surface area contributed by atoms with Crippen LogP contribution in [0.3, 0.4) is 0 Å². The molecule has 1 aromatic carbocycles. The number of rotatable bonds is 6. The first-order valence-corrected chi connectivity index (χ1v) is 12.4. The van der Waals surface area contributed by atoms with Gasteiger partial charge in [0.1, 0.15) is 10.7 Å². The number of hydrogen-bond donors (Lipinski definition) is 1. The zero-order valence-corrected chi connectivity index (χ0v) is 18.9. The molecule has 1 saturated carbocycles. The number of hydrogen-bond acceptors (Lipinski definition) is 5. The van der Waals surface area contributed by atoms with E-state index in [1.165, 1.54) is 17.3 Å². The van der Waals surface area contributed by atoms with Crippen molar-refractivity contribution in [3.05, 3.63) is 29.6 Å². The van der Waals surface area contributed by atoms with E-state index in [-0.39, 0.29) is 11.6 Å². The molecule has 1 aliphatic heterocycles. The summed E-state index contributed by atoms with van der Waals surface area (Å²) >= 11 is 0. The van der Waals surface area contributed by atoms with Crippen LogP contribution in [0.5, 0.6) is 0 Å². The van der Waals surface area contributed by atoms with Crippen molar-refractivity contribution in [1.29, 1.82) is 0 Å². The topological polar surface area (TPSA) is 92.8 Å². The van der Waals surface area contributed by atoms with E-state index in [0.717, 1.165) is 57.1 Å². The first kappa shape index (κ1) is 23.7. The van der Waals surface area contributed by atoms with Crippen molar-refractivity contribution in [2.75, 3.05) is 13.1 Å². The molecule has 0 spiro atoms. The minimum Gasteiger partial charge on any atom is -0.449 e. The van der Waals surface area contributed by atoms with Gasteiger partial charge in [-0.05, 0) is 56.7 Å². The van der Waals surface area contributed by atoms with E-state index in [1.807, 2.05) is 0 Å². The summed E-state index contributed by atoms with van der Waals surface area (Å²) in [6.45, 7) is 4.21. The molecule has 1 amide bonds. The number of nitrogens with one attached hydrogen (secondary N) is 1. The molecule has 31 heavy (non-hydrogen) atoms. The van der Waals surface area contributed by atoms with Gasteiger partial charge in [0.2, 0.25) is 10.0 Å². The third kappa shape index (κ3) is 5.63. The van der Waals surface area contributed by atoms with Gasteiger partial charge < -0.3 is 10.1 Å². The largest absolute Gasteiger partial charge is 0.449 e. The summed E-state index contributed by atoms with van der Waals surface area (Å²) in [5, 5.41) is 2.93. The Bertz CT molecular complexity index is 914. The molecule has 1 heterocycles. The molecule has 2 aliphatic rings. The van der Waals surface area contributed by atoms with Gasteiger partial charge >= 0.3 is 5.97 Å². The van der Waals surface area contributed by atoms with E-state index in [4.69, 9.17) is 4.74 Å². The van der Waals surface area contributed by atoms with E-state index < -0.39 is 38.7 Å². The van der Waals surface area contributed by atoms with Crippen molar-refractivity contribution in [1.82, 2.24) is 9.62 Å². The van der Waals surface area contributed by atoms with Crippen molar-refractivity contribution < 1.29 is 27.1 Å². The van der Waals surface area contributed by atoms with Gasteiger partial charge in [0.15, 0.2) is 6.10 Å². The lowest BCUT2D eigenvalue weighted by molar-refractivity contribution is -0.130. The van der Waals surface area contributed by atoms with E-state index in [9.17, 15) is 22.4 Å². The molecule has 172 valence electrons. The van der Waals surface area contributed by atoms with Gasteiger partial charge in [0.05, 0.1) is 5.56 Å². The molecule has 0 radical (unpaired) electrons. The Morgan fingerprint density at radius 2 is 1.81 bits per heavy atom. The highest BCUT2D eigenvalue weighted by Gasteiger charge is 2.31. The standard InChI is InChI=1S/C22H31FN2O5S/c1-15-8-4-5-9-19(15)24-21(26)16(2)30-22(27)17-10-11-18(23)20(14-17)31(28,29)25-12-6-3-7-13-25/h10-11,14-16,19H,3-9,12-13H2,1-2H3,(H,24,26). The Morgan fingerprint density at radius 1 is 1.13 bits per heavy atom. The predicted octanol–water partition coefficient (Wildman–Crippen LogP) is 3.24. The van der Waals surface area contributed by atoms with Crippen molar-refractivity contribution in [3.63, 3.8) is 0 Å². The maximum Gasteiger partial charge on any atom is 0.338 e. The summed E-state index contributed by atoms with van der Waals surface area (Å²) < 4.78 is 46.5. The van der Waals surface area contributed by atoms with Crippen LogP contribution >= 0.6 is 0 Å². The Labute approximate surface area is 183 Å². The van der Waals surface area contributed by atoms with Gasteiger partial charge in [0, 0.05) is 19.1 Å². The lowest BCUT2D eigenvalue weighted by Gasteiger charge is -2.30. The number of ether oxygens (including phenoxy) is 1. The molecule has 9 heteroatoms. The van der Waals surface area contributed by atoms with Gasteiger partial charge in [-0.2, -0.15) is 4.31 Å². The molecule has 3 unspecified atom stereocenters. The monoisotopic (exact) mass is 454 g/mol. The molecule has 1 N–H and O–H groups in total. The van der Waals surface area contributed by atoms with Crippen LogP contribution in [-0.2, 0) is 19.6 Å². The van der Waals surface area contributed by atoms with Crippen molar-refractivity contribution in [2.24, 2.45) is 5.92 Å². The highest BCUT2D eigenvalue weighted by molar-refractivity contribution is 7.89. The van der Waals surface area contributed by atoms with Gasteiger partial charge in [-0.25, -0.2) is 17.6 Å². The molecule has 3 rings (SSSR count). The van der Waals surface area contributed by atoms with Crippen molar-refractivity contribution in [3.8, 4) is 0 Å². The second-order valence-corrected chi connectivity index (χ2v) is 10.4. The van der Waals surface area contributed by atoms with Crippen LogP contribution in [0.1, 0.15) is 69.2 Å². The van der Waals surface area contributed by atoms with Crippen molar-refractivity contribution in [2.45, 2.75) is 75.8 Å². The second kappa shape index (κ2) is 10.1. The van der Waals surface area contributed by atoms with Crippen LogP contribution < -0.4 is 5.32 Å². The number of carbonyl (C=O) groups excluding carboxylic acids is 2. The molecule has 3 atom stereocenters. The molecule has 1 aliphatic carbocycles. The van der Waals surface area contributed by atoms with Crippen LogP contribution in [0.2, 0.25) is 0 Å². The third-order valence-corrected chi connectivity index (χ3v) is 8.11. The zero-order chi connectivity index (χ0) is 22.6. The van der Waals surface area contributed by atoms with Crippen molar-refractivity contribution >= 4 is 21.9 Å². The first-order chi connectivity index (χ1) is 14.7. The van der Waals surface area contributed by atoms with Crippen LogP contribution in [0, 0.1) is 11.7 Å². The summed E-state index contributed by atoms with van der Waals surface area (Å²) in [6, 6.07) is 3.16. The zero-order valence-electron chi connectivity index (χ0n) is 18.1. The number of carbonyl (C=O) groups is 2. The fraction of sp³-hybridized carbons (Fsp3) is 0.636. The van der Waals surface area contributed by atoms with E-state index in [0.29, 0.717) is 19.0 Å². The van der Waals surface area contributed by atoms with Gasteiger partial charge in [-0.1, -0.05) is 26.2 Å². The molecule has 0 bridgehead atoms. The lowest BCUT2D eigenvalue weighted by Crippen LogP contribution is -2.46. The maximum atomic E-state index is 14.3. The predicted molar refractivity (Wildman–Crippen MR) is 113 cm³/mol. The summed E-state index contributed by atoms with van der Waals surface area (Å²) in [4.78, 5) is 24.5. The van der Waals surface area contributed by atoms with Gasteiger partial charge in [0.25, 0.3) is 5.91 Å². The molecule has 7 nitrogen and oxygen atoms in total. The Morgan fingerprint density at radius 3 is 2.48 bits per heavy atom. The number of esters is 1. The molecule has 2 fully saturated rings. The quantitative estimate of drug-likeness (QED) is 0.666. The number of benzene rings is 1. The first-order valence-electron chi connectivity index (χ1n) is 11.0. The third-order valence-electron chi connectivity index (χ3n) is 6.19. The fourth-order valence-electron chi connectivity index (χ4n) is 4.19. The minimum atomic E-state index is -4.05. The number of piperidine rings is 1. The molecule has 0 aromatic heterocycles. The molecular weight excluding hydrogens is 423 g/mol. The van der Waals surface area contributed by atoms with E-state index in [2.05, 4.69) is 12.2 Å². The number of sulfonamides is 1.